The summed E-state index contributed by atoms with van der Waals surface area (Å²) in [5.41, 5.74) is 7.85. The highest BCUT2D eigenvalue weighted by Crippen LogP contribution is 2.32. The summed E-state index contributed by atoms with van der Waals surface area (Å²) in [4.78, 5) is 6.75. The molecule has 3 rings (SSSR count). The molecule has 1 aromatic heterocycles. The van der Waals surface area contributed by atoms with E-state index in [1.807, 2.05) is 30.3 Å². The zero-order valence-electron chi connectivity index (χ0n) is 10.6. The molecule has 2 N–H and O–H groups in total. The zero-order chi connectivity index (χ0) is 13.2. The summed E-state index contributed by atoms with van der Waals surface area (Å²) in [7, 11) is 0. The van der Waals surface area contributed by atoms with Crippen LogP contribution in [0.4, 0.5) is 11.5 Å². The minimum atomic E-state index is 0.593. The lowest BCUT2D eigenvalue weighted by atomic mass is 10.2. The van der Waals surface area contributed by atoms with Crippen LogP contribution in [0.3, 0.4) is 0 Å². The minimum absolute atomic E-state index is 0.593. The van der Waals surface area contributed by atoms with E-state index in [-0.39, 0.29) is 0 Å². The second-order valence-electron chi connectivity index (χ2n) is 4.94. The van der Waals surface area contributed by atoms with E-state index < -0.39 is 0 Å². The maximum Gasteiger partial charge on any atom is 0.129 e. The Morgan fingerprint density at radius 1 is 1.26 bits per heavy atom. The summed E-state index contributed by atoms with van der Waals surface area (Å²) in [6, 6.07) is 12.5. The highest BCUT2D eigenvalue weighted by Gasteiger charge is 2.29. The van der Waals surface area contributed by atoms with Gasteiger partial charge in [0.05, 0.1) is 5.02 Å². The second-order valence-corrected chi connectivity index (χ2v) is 5.38. The number of nitrogen functional groups attached to an aromatic ring is 1. The van der Waals surface area contributed by atoms with Gasteiger partial charge in [0, 0.05) is 24.5 Å². The van der Waals surface area contributed by atoms with Crippen LogP contribution >= 0.6 is 11.6 Å². The van der Waals surface area contributed by atoms with Gasteiger partial charge >= 0.3 is 0 Å². The Morgan fingerprint density at radius 3 is 2.74 bits per heavy atom. The molecule has 1 aromatic carbocycles. The topological polar surface area (TPSA) is 42.1 Å². The normalized spacial score (nSPS) is 14.4. The lowest BCUT2D eigenvalue weighted by Gasteiger charge is -2.23. The van der Waals surface area contributed by atoms with Crippen LogP contribution < -0.4 is 10.6 Å². The minimum Gasteiger partial charge on any atom is -0.399 e. The van der Waals surface area contributed by atoms with Gasteiger partial charge in [-0.15, -0.1) is 0 Å². The van der Waals surface area contributed by atoms with E-state index in [2.05, 4.69) is 16.0 Å². The molecular weight excluding hydrogens is 258 g/mol. The number of hydrogen-bond donors (Lipinski definition) is 1. The highest BCUT2D eigenvalue weighted by atomic mass is 35.5. The molecule has 1 heterocycles. The number of pyridine rings is 1. The first-order valence-corrected chi connectivity index (χ1v) is 6.83. The Labute approximate surface area is 118 Å². The van der Waals surface area contributed by atoms with Crippen LogP contribution in [0.25, 0.3) is 0 Å². The molecule has 4 heteroatoms. The van der Waals surface area contributed by atoms with Gasteiger partial charge in [0.1, 0.15) is 5.82 Å². The Balaban J connectivity index is 1.83. The van der Waals surface area contributed by atoms with Crippen LogP contribution in [0.5, 0.6) is 0 Å². The standard InChI is InChI=1S/C15H16ClN3/c16-12-4-7-15(18-9-12)19(14-5-6-14)10-11-2-1-3-13(17)8-11/h1-4,7-9,14H,5-6,10,17H2. The Morgan fingerprint density at radius 2 is 2.11 bits per heavy atom. The van der Waals surface area contributed by atoms with Crippen LogP contribution in [0.15, 0.2) is 42.6 Å². The van der Waals surface area contributed by atoms with Crippen molar-refractivity contribution in [2.75, 3.05) is 10.6 Å². The molecule has 3 nitrogen and oxygen atoms in total. The molecule has 0 atom stereocenters. The second kappa shape index (κ2) is 5.10. The van der Waals surface area contributed by atoms with Gasteiger partial charge in [0.25, 0.3) is 0 Å². The first kappa shape index (κ1) is 12.3. The van der Waals surface area contributed by atoms with E-state index in [1.165, 1.54) is 18.4 Å². The van der Waals surface area contributed by atoms with E-state index in [0.717, 1.165) is 18.1 Å². The maximum absolute atomic E-state index is 5.89. The van der Waals surface area contributed by atoms with Crippen LogP contribution in [-0.4, -0.2) is 11.0 Å². The van der Waals surface area contributed by atoms with Gasteiger partial charge in [-0.25, -0.2) is 4.98 Å². The molecule has 1 aliphatic carbocycles. The number of aromatic nitrogens is 1. The molecule has 0 unspecified atom stereocenters. The largest absolute Gasteiger partial charge is 0.399 e. The van der Waals surface area contributed by atoms with Crippen LogP contribution in [-0.2, 0) is 6.54 Å². The number of nitrogens with two attached hydrogens (primary N) is 1. The van der Waals surface area contributed by atoms with Crippen LogP contribution in [0, 0.1) is 0 Å². The van der Waals surface area contributed by atoms with Gasteiger partial charge in [-0.3, -0.25) is 0 Å². The molecule has 0 aliphatic heterocycles. The average Bonchev–Trinajstić information content (AvgIpc) is 3.22. The van der Waals surface area contributed by atoms with E-state index >= 15 is 0 Å². The number of nitrogens with zero attached hydrogens (tertiary/aromatic N) is 2. The van der Waals surface area contributed by atoms with Crippen molar-refractivity contribution in [3.63, 3.8) is 0 Å². The number of anilines is 2. The smallest absolute Gasteiger partial charge is 0.129 e. The SMILES string of the molecule is Nc1cccc(CN(c2ccc(Cl)cn2)C2CC2)c1. The maximum atomic E-state index is 5.89. The van der Waals surface area contributed by atoms with E-state index in [1.54, 1.807) is 6.20 Å². The Bertz CT molecular complexity index is 564. The summed E-state index contributed by atoms with van der Waals surface area (Å²) in [5.74, 6) is 0.981. The molecule has 1 fully saturated rings. The van der Waals surface area contributed by atoms with Gasteiger partial charge in [-0.2, -0.15) is 0 Å². The van der Waals surface area contributed by atoms with Gasteiger partial charge in [-0.1, -0.05) is 23.7 Å². The fraction of sp³-hybridized carbons (Fsp3) is 0.267. The zero-order valence-corrected chi connectivity index (χ0v) is 11.3. The first-order valence-electron chi connectivity index (χ1n) is 6.45. The Hall–Kier alpha value is -1.74. The van der Waals surface area contributed by atoms with Crippen LogP contribution in [0.2, 0.25) is 5.02 Å². The number of hydrogen-bond acceptors (Lipinski definition) is 3. The van der Waals surface area contributed by atoms with E-state index in [9.17, 15) is 0 Å². The predicted octanol–water partition coefficient (Wildman–Crippen LogP) is 3.49. The van der Waals surface area contributed by atoms with Crippen molar-refractivity contribution in [3.05, 3.63) is 53.2 Å². The third-order valence-corrected chi connectivity index (χ3v) is 3.52. The van der Waals surface area contributed by atoms with E-state index in [4.69, 9.17) is 17.3 Å². The van der Waals surface area contributed by atoms with Crippen molar-refractivity contribution >= 4 is 23.1 Å². The fourth-order valence-electron chi connectivity index (χ4n) is 2.21. The number of benzene rings is 1. The van der Waals surface area contributed by atoms with Crippen molar-refractivity contribution in [2.24, 2.45) is 0 Å². The quantitative estimate of drug-likeness (QED) is 0.867. The summed E-state index contributed by atoms with van der Waals surface area (Å²) in [6.07, 6.45) is 4.16. The predicted molar refractivity (Wildman–Crippen MR) is 79.3 cm³/mol. The summed E-state index contributed by atoms with van der Waals surface area (Å²) in [6.45, 7) is 0.838. The lowest BCUT2D eigenvalue weighted by Crippen LogP contribution is -2.25. The molecule has 1 aliphatic rings. The van der Waals surface area contributed by atoms with Crippen molar-refractivity contribution in [3.8, 4) is 0 Å². The molecular formula is C15H16ClN3. The monoisotopic (exact) mass is 273 g/mol. The summed E-state index contributed by atoms with van der Waals surface area (Å²) >= 11 is 5.89. The lowest BCUT2D eigenvalue weighted by molar-refractivity contribution is 0.778. The third kappa shape index (κ3) is 2.99. The molecule has 0 spiro atoms. The van der Waals surface area contributed by atoms with Crippen molar-refractivity contribution in [1.82, 2.24) is 4.98 Å². The Kier molecular flexibility index (Phi) is 3.30. The van der Waals surface area contributed by atoms with E-state index in [0.29, 0.717) is 11.1 Å². The molecule has 0 amide bonds. The van der Waals surface area contributed by atoms with Gasteiger partial charge in [0.2, 0.25) is 0 Å². The first-order chi connectivity index (χ1) is 9.22. The molecule has 2 aromatic rings. The van der Waals surface area contributed by atoms with Gasteiger partial charge < -0.3 is 10.6 Å². The highest BCUT2D eigenvalue weighted by molar-refractivity contribution is 6.30. The molecule has 0 radical (unpaired) electrons. The fourth-order valence-corrected chi connectivity index (χ4v) is 2.32. The molecule has 0 saturated heterocycles. The third-order valence-electron chi connectivity index (χ3n) is 3.30. The van der Waals surface area contributed by atoms with Crippen molar-refractivity contribution < 1.29 is 0 Å². The number of rotatable bonds is 4. The molecule has 0 bridgehead atoms. The van der Waals surface area contributed by atoms with Gasteiger partial charge in [0.15, 0.2) is 0 Å². The van der Waals surface area contributed by atoms with Crippen molar-refractivity contribution in [1.29, 1.82) is 0 Å². The summed E-state index contributed by atoms with van der Waals surface area (Å²) < 4.78 is 0. The molecule has 19 heavy (non-hydrogen) atoms. The van der Waals surface area contributed by atoms with Crippen molar-refractivity contribution in [2.45, 2.75) is 25.4 Å². The molecule has 98 valence electrons. The average molecular weight is 274 g/mol. The number of halogens is 1. The summed E-state index contributed by atoms with van der Waals surface area (Å²) in [5, 5.41) is 0.670. The van der Waals surface area contributed by atoms with Crippen LogP contribution in [0.1, 0.15) is 18.4 Å². The van der Waals surface area contributed by atoms with Gasteiger partial charge in [-0.05, 0) is 42.7 Å². The molecule has 1 saturated carbocycles.